The summed E-state index contributed by atoms with van der Waals surface area (Å²) in [5.41, 5.74) is -0.318. The van der Waals surface area contributed by atoms with Gasteiger partial charge in [0.05, 0.1) is 16.6 Å². The Morgan fingerprint density at radius 1 is 1.58 bits per heavy atom. The number of rotatable bonds is 3. The predicted molar refractivity (Wildman–Crippen MR) is 70.5 cm³/mol. The van der Waals surface area contributed by atoms with Gasteiger partial charge in [0.15, 0.2) is 0 Å². The van der Waals surface area contributed by atoms with Gasteiger partial charge in [0.1, 0.15) is 5.69 Å². The zero-order valence-electron chi connectivity index (χ0n) is 10.9. The van der Waals surface area contributed by atoms with Crippen molar-refractivity contribution in [1.82, 2.24) is 9.97 Å². The molecule has 0 radical (unpaired) electrons. The molecular weight excluding hydrogens is 272 g/mol. The first-order valence-electron chi connectivity index (χ1n) is 5.92. The van der Waals surface area contributed by atoms with Gasteiger partial charge in [-0.3, -0.25) is 10.1 Å². The number of ether oxygens (including phenoxy) is 1. The van der Waals surface area contributed by atoms with Gasteiger partial charge in [-0.2, -0.15) is 4.98 Å². The molecule has 1 fully saturated rings. The molecule has 1 saturated heterocycles. The molecule has 19 heavy (non-hydrogen) atoms. The molecule has 104 valence electrons. The summed E-state index contributed by atoms with van der Waals surface area (Å²) in [6, 6.07) is 0. The van der Waals surface area contributed by atoms with Crippen LogP contribution in [0.5, 0.6) is 0 Å². The van der Waals surface area contributed by atoms with Crippen LogP contribution in [-0.4, -0.2) is 33.1 Å². The van der Waals surface area contributed by atoms with Crippen LogP contribution in [0.4, 0.5) is 11.5 Å². The second kappa shape index (κ2) is 4.90. The van der Waals surface area contributed by atoms with Crippen LogP contribution in [0.2, 0.25) is 5.28 Å². The molecule has 1 aliphatic heterocycles. The number of aromatic nitrogens is 2. The van der Waals surface area contributed by atoms with Gasteiger partial charge in [0, 0.05) is 6.61 Å². The Kier molecular flexibility index (Phi) is 3.60. The molecule has 0 spiro atoms. The predicted octanol–water partition coefficient (Wildman–Crippen LogP) is 2.33. The molecule has 0 aromatic carbocycles. The monoisotopic (exact) mass is 286 g/mol. The van der Waals surface area contributed by atoms with E-state index in [-0.39, 0.29) is 28.6 Å². The number of hydrogen-bond acceptors (Lipinski definition) is 6. The van der Waals surface area contributed by atoms with Crippen molar-refractivity contribution in [3.8, 4) is 0 Å². The van der Waals surface area contributed by atoms with Gasteiger partial charge in [-0.25, -0.2) is 4.98 Å². The van der Waals surface area contributed by atoms with Gasteiger partial charge >= 0.3 is 5.69 Å². The van der Waals surface area contributed by atoms with Crippen LogP contribution in [0.1, 0.15) is 26.0 Å². The summed E-state index contributed by atoms with van der Waals surface area (Å²) < 4.78 is 5.49. The van der Waals surface area contributed by atoms with Crippen molar-refractivity contribution >= 4 is 23.1 Å². The van der Waals surface area contributed by atoms with Crippen LogP contribution >= 0.6 is 11.6 Å². The van der Waals surface area contributed by atoms with E-state index in [1.807, 2.05) is 13.8 Å². The van der Waals surface area contributed by atoms with Crippen molar-refractivity contribution in [1.29, 1.82) is 0 Å². The first kappa shape index (κ1) is 14.0. The standard InChI is InChI=1S/C11H15ClN4O3/c1-6-8(16(17)18)9(14-10(12)13-6)15-11(3)4-5-19-7(11)2/h7H,4-5H2,1-3H3,(H,13,14,15). The van der Waals surface area contributed by atoms with Gasteiger partial charge in [0.2, 0.25) is 11.1 Å². The third-order valence-corrected chi connectivity index (χ3v) is 3.67. The third kappa shape index (κ3) is 2.62. The van der Waals surface area contributed by atoms with E-state index in [9.17, 15) is 10.1 Å². The van der Waals surface area contributed by atoms with E-state index in [0.29, 0.717) is 6.61 Å². The molecule has 0 bridgehead atoms. The summed E-state index contributed by atoms with van der Waals surface area (Å²) in [4.78, 5) is 18.4. The normalized spacial score (nSPS) is 26.4. The zero-order chi connectivity index (χ0) is 14.2. The second-order valence-corrected chi connectivity index (χ2v) is 5.18. The lowest BCUT2D eigenvalue weighted by atomic mass is 9.94. The number of halogens is 1. The van der Waals surface area contributed by atoms with Crippen LogP contribution in [-0.2, 0) is 4.74 Å². The molecule has 1 N–H and O–H groups in total. The summed E-state index contributed by atoms with van der Waals surface area (Å²) >= 11 is 5.78. The number of nitro groups is 1. The Bertz CT molecular complexity index is 525. The van der Waals surface area contributed by atoms with Gasteiger partial charge in [0.25, 0.3) is 0 Å². The Balaban J connectivity index is 2.42. The molecule has 7 nitrogen and oxygen atoms in total. The molecule has 0 amide bonds. The van der Waals surface area contributed by atoms with Gasteiger partial charge in [-0.05, 0) is 38.8 Å². The maximum atomic E-state index is 11.1. The van der Waals surface area contributed by atoms with E-state index in [2.05, 4.69) is 15.3 Å². The molecule has 1 aliphatic rings. The van der Waals surface area contributed by atoms with Crippen LogP contribution < -0.4 is 5.32 Å². The van der Waals surface area contributed by atoms with Crippen LogP contribution in [0.3, 0.4) is 0 Å². The summed E-state index contributed by atoms with van der Waals surface area (Å²) in [5.74, 6) is 0.141. The molecule has 2 rings (SSSR count). The number of hydrogen-bond donors (Lipinski definition) is 1. The van der Waals surface area contributed by atoms with E-state index in [1.54, 1.807) is 0 Å². The largest absolute Gasteiger partial charge is 0.376 e. The molecule has 2 atom stereocenters. The van der Waals surface area contributed by atoms with Crippen molar-refractivity contribution < 1.29 is 9.66 Å². The fourth-order valence-electron chi connectivity index (χ4n) is 2.11. The number of nitrogens with one attached hydrogen (secondary N) is 1. The maximum Gasteiger partial charge on any atom is 0.332 e. The fraction of sp³-hybridized carbons (Fsp3) is 0.636. The van der Waals surface area contributed by atoms with Crippen molar-refractivity contribution in [2.24, 2.45) is 0 Å². The summed E-state index contributed by atoms with van der Waals surface area (Å²) in [5, 5.41) is 14.2. The lowest BCUT2D eigenvalue weighted by Gasteiger charge is -2.29. The van der Waals surface area contributed by atoms with Crippen molar-refractivity contribution in [2.45, 2.75) is 38.8 Å². The molecule has 2 unspecified atom stereocenters. The highest BCUT2D eigenvalue weighted by atomic mass is 35.5. The summed E-state index contributed by atoms with van der Waals surface area (Å²) in [7, 11) is 0. The second-order valence-electron chi connectivity index (χ2n) is 4.84. The van der Waals surface area contributed by atoms with Crippen LogP contribution in [0, 0.1) is 17.0 Å². The highest BCUT2D eigenvalue weighted by Gasteiger charge is 2.39. The molecular formula is C11H15ClN4O3. The summed E-state index contributed by atoms with van der Waals surface area (Å²) in [6.07, 6.45) is 0.674. The van der Waals surface area contributed by atoms with Gasteiger partial charge in [-0.1, -0.05) is 0 Å². The maximum absolute atomic E-state index is 11.1. The highest BCUT2D eigenvalue weighted by molar-refractivity contribution is 6.28. The Labute approximate surface area is 115 Å². The quantitative estimate of drug-likeness (QED) is 0.521. The lowest BCUT2D eigenvalue weighted by Crippen LogP contribution is -2.41. The van der Waals surface area contributed by atoms with Crippen molar-refractivity contribution in [3.63, 3.8) is 0 Å². The smallest absolute Gasteiger partial charge is 0.332 e. The fourth-order valence-corrected chi connectivity index (χ4v) is 2.32. The average molecular weight is 287 g/mol. The number of anilines is 1. The molecule has 8 heteroatoms. The summed E-state index contributed by atoms with van der Waals surface area (Å²) in [6.45, 7) is 6.01. The first-order valence-corrected chi connectivity index (χ1v) is 6.29. The van der Waals surface area contributed by atoms with E-state index in [0.717, 1.165) is 6.42 Å². The van der Waals surface area contributed by atoms with E-state index >= 15 is 0 Å². The minimum atomic E-state index is -0.502. The van der Waals surface area contributed by atoms with Crippen LogP contribution in [0.15, 0.2) is 0 Å². The Hall–Kier alpha value is -1.47. The molecule has 0 aliphatic carbocycles. The first-order chi connectivity index (χ1) is 8.83. The molecule has 1 aromatic rings. The van der Waals surface area contributed by atoms with E-state index < -0.39 is 10.5 Å². The molecule has 0 saturated carbocycles. The van der Waals surface area contributed by atoms with Gasteiger partial charge in [-0.15, -0.1) is 0 Å². The Morgan fingerprint density at radius 2 is 2.26 bits per heavy atom. The minimum absolute atomic E-state index is 0.0132. The minimum Gasteiger partial charge on any atom is -0.376 e. The third-order valence-electron chi connectivity index (χ3n) is 3.50. The van der Waals surface area contributed by atoms with E-state index in [4.69, 9.17) is 16.3 Å². The molecule has 2 heterocycles. The van der Waals surface area contributed by atoms with E-state index in [1.165, 1.54) is 6.92 Å². The lowest BCUT2D eigenvalue weighted by molar-refractivity contribution is -0.385. The topological polar surface area (TPSA) is 90.2 Å². The number of nitrogens with zero attached hydrogens (tertiary/aromatic N) is 3. The SMILES string of the molecule is Cc1nc(Cl)nc(NC2(C)CCOC2C)c1[N+](=O)[O-]. The van der Waals surface area contributed by atoms with Crippen LogP contribution in [0.25, 0.3) is 0 Å². The van der Waals surface area contributed by atoms with Crippen molar-refractivity contribution in [2.75, 3.05) is 11.9 Å². The zero-order valence-corrected chi connectivity index (χ0v) is 11.7. The number of aryl methyl sites for hydroxylation is 1. The highest BCUT2D eigenvalue weighted by Crippen LogP contribution is 2.34. The van der Waals surface area contributed by atoms with Gasteiger partial charge < -0.3 is 10.1 Å². The molecule has 1 aromatic heterocycles. The average Bonchev–Trinajstić information content (AvgIpc) is 2.56. The Morgan fingerprint density at radius 3 is 2.79 bits per heavy atom. The van der Waals surface area contributed by atoms with Crippen molar-refractivity contribution in [3.05, 3.63) is 21.1 Å².